The first kappa shape index (κ1) is 27.8. The first-order chi connectivity index (χ1) is 18.5. The molecular formula is C31H32N4O3S. The molecule has 0 fully saturated rings. The average Bonchev–Trinajstić information content (AvgIpc) is 3.10. The third-order valence-electron chi connectivity index (χ3n) is 6.79. The highest BCUT2D eigenvalue weighted by Gasteiger charge is 2.36. The van der Waals surface area contributed by atoms with Crippen LogP contribution in [0.1, 0.15) is 29.7 Å². The minimum atomic E-state index is -3.88. The Morgan fingerprint density at radius 2 is 1.74 bits per heavy atom. The topological polar surface area (TPSA) is 86.5 Å². The number of rotatable bonds is 7. The number of aromatic nitrogens is 1. The summed E-state index contributed by atoms with van der Waals surface area (Å²) < 4.78 is 35.1. The number of nitriles is 1. The lowest BCUT2D eigenvalue weighted by Crippen LogP contribution is -2.45. The van der Waals surface area contributed by atoms with Gasteiger partial charge in [-0.05, 0) is 71.6 Å². The fraction of sp³-hybridized carbons (Fsp3) is 0.226. The van der Waals surface area contributed by atoms with Crippen LogP contribution in [0.4, 0.5) is 5.69 Å². The smallest absolute Gasteiger partial charge is 0.243 e. The number of hydrogen-bond donors (Lipinski definition) is 0. The Hall–Kier alpha value is -4.19. The molecule has 39 heavy (non-hydrogen) atoms. The van der Waals surface area contributed by atoms with Crippen molar-refractivity contribution in [3.05, 3.63) is 120 Å². The number of pyridine rings is 1. The number of ether oxygens (including phenoxy) is 1. The molecule has 3 aromatic carbocycles. The molecule has 0 saturated carbocycles. The lowest BCUT2D eigenvalue weighted by Gasteiger charge is -2.32. The molecule has 1 aromatic heterocycles. The van der Waals surface area contributed by atoms with Gasteiger partial charge in [0.1, 0.15) is 5.75 Å². The van der Waals surface area contributed by atoms with Crippen molar-refractivity contribution < 1.29 is 13.2 Å². The summed E-state index contributed by atoms with van der Waals surface area (Å²) in [6.45, 7) is 1.19. The molecule has 0 N–H and O–H groups in total. The lowest BCUT2D eigenvalue weighted by atomic mass is 10.1. The number of methoxy groups -OCH3 is 1. The Bertz CT molecular complexity index is 1540. The molecule has 0 spiro atoms. The van der Waals surface area contributed by atoms with Gasteiger partial charge in [0.15, 0.2) is 0 Å². The van der Waals surface area contributed by atoms with Crippen LogP contribution >= 0.6 is 0 Å². The molecule has 0 amide bonds. The van der Waals surface area contributed by atoms with Crippen LogP contribution in [0.5, 0.6) is 5.75 Å². The van der Waals surface area contributed by atoms with Gasteiger partial charge in [0.2, 0.25) is 10.0 Å². The van der Waals surface area contributed by atoms with E-state index in [0.29, 0.717) is 30.8 Å². The van der Waals surface area contributed by atoms with Crippen molar-refractivity contribution in [2.24, 2.45) is 0 Å². The molecule has 0 radical (unpaired) electrons. The van der Waals surface area contributed by atoms with Crippen LogP contribution in [0, 0.1) is 11.3 Å². The van der Waals surface area contributed by atoms with Gasteiger partial charge in [-0.15, -0.1) is 0 Å². The van der Waals surface area contributed by atoms with Crippen molar-refractivity contribution in [2.45, 2.75) is 37.9 Å². The van der Waals surface area contributed by atoms with Crippen molar-refractivity contribution in [2.75, 3.05) is 18.6 Å². The van der Waals surface area contributed by atoms with Gasteiger partial charge < -0.3 is 9.64 Å². The minimum Gasteiger partial charge on any atom is -0.497 e. The van der Waals surface area contributed by atoms with Crippen LogP contribution in [0.2, 0.25) is 0 Å². The van der Waals surface area contributed by atoms with Crippen LogP contribution < -0.4 is 9.64 Å². The minimum absolute atomic E-state index is 0. The van der Waals surface area contributed by atoms with Gasteiger partial charge in [-0.1, -0.05) is 43.8 Å². The first-order valence-electron chi connectivity index (χ1n) is 12.3. The van der Waals surface area contributed by atoms with Crippen LogP contribution in [-0.2, 0) is 29.5 Å². The maximum absolute atomic E-state index is 14.2. The molecule has 4 aromatic rings. The van der Waals surface area contributed by atoms with Crippen molar-refractivity contribution in [3.63, 3.8) is 0 Å². The fourth-order valence-corrected chi connectivity index (χ4v) is 6.50. The van der Waals surface area contributed by atoms with E-state index in [0.717, 1.165) is 22.4 Å². The highest BCUT2D eigenvalue weighted by atomic mass is 32.2. The molecule has 1 aliphatic rings. The summed E-state index contributed by atoms with van der Waals surface area (Å²) in [4.78, 5) is 6.67. The summed E-state index contributed by atoms with van der Waals surface area (Å²) in [7, 11) is -2.33. The molecule has 1 aliphatic heterocycles. The second kappa shape index (κ2) is 12.1. The Morgan fingerprint density at radius 3 is 2.41 bits per heavy atom. The monoisotopic (exact) mass is 540 g/mol. The molecule has 0 unspecified atom stereocenters. The standard InChI is InChI=1S/C30H28N4O3S.CH4/c1-37-28-10-12-29(13-11-28)38(35,36)34-21-26-16-24(18-31)9-14-30(26)33(20-25-8-5-15-32-19-25)22-27(34)17-23-6-3-2-4-7-23;/h2-16,19,27H,17,20-22H2,1H3;1H4/t27-;/m1./s1. The SMILES string of the molecule is C.COc1ccc(S(=O)(=O)N2Cc3cc(C#N)ccc3N(Cc3cccnc3)C[C@H]2Cc2ccccc2)cc1. The summed E-state index contributed by atoms with van der Waals surface area (Å²) in [6.07, 6.45) is 4.10. The number of benzene rings is 3. The number of sulfonamides is 1. The van der Waals surface area contributed by atoms with Crippen LogP contribution in [0.3, 0.4) is 0 Å². The van der Waals surface area contributed by atoms with Crippen LogP contribution in [0.15, 0.2) is 102 Å². The fourth-order valence-electron chi connectivity index (χ4n) is 4.91. The zero-order valence-electron chi connectivity index (χ0n) is 21.1. The van der Waals surface area contributed by atoms with Gasteiger partial charge >= 0.3 is 0 Å². The molecule has 0 aliphatic carbocycles. The van der Waals surface area contributed by atoms with E-state index in [4.69, 9.17) is 4.74 Å². The van der Waals surface area contributed by atoms with Gasteiger partial charge in [0.25, 0.3) is 0 Å². The number of anilines is 1. The predicted octanol–water partition coefficient (Wildman–Crippen LogP) is 5.42. The largest absolute Gasteiger partial charge is 0.497 e. The van der Waals surface area contributed by atoms with E-state index in [1.165, 1.54) is 0 Å². The van der Waals surface area contributed by atoms with E-state index >= 15 is 0 Å². The Kier molecular flexibility index (Phi) is 8.65. The zero-order valence-corrected chi connectivity index (χ0v) is 21.9. The average molecular weight is 541 g/mol. The normalized spacial score (nSPS) is 15.4. The summed E-state index contributed by atoms with van der Waals surface area (Å²) in [5.41, 5.74) is 4.28. The second-order valence-corrected chi connectivity index (χ2v) is 11.2. The van der Waals surface area contributed by atoms with E-state index in [1.807, 2.05) is 54.7 Å². The predicted molar refractivity (Wildman–Crippen MR) is 153 cm³/mol. The molecule has 7 nitrogen and oxygen atoms in total. The summed E-state index contributed by atoms with van der Waals surface area (Å²) in [6, 6.07) is 27.7. The second-order valence-electron chi connectivity index (χ2n) is 9.27. The maximum atomic E-state index is 14.2. The molecule has 0 bridgehead atoms. The number of hydrogen-bond acceptors (Lipinski definition) is 6. The number of fused-ring (bicyclic) bond motifs is 1. The van der Waals surface area contributed by atoms with Crippen LogP contribution in [-0.4, -0.2) is 37.4 Å². The van der Waals surface area contributed by atoms with Gasteiger partial charge in [0, 0.05) is 43.8 Å². The molecule has 5 rings (SSSR count). The van der Waals surface area contributed by atoms with Gasteiger partial charge in [-0.25, -0.2) is 8.42 Å². The molecule has 1 atom stereocenters. The third kappa shape index (κ3) is 6.11. The first-order valence-corrected chi connectivity index (χ1v) is 13.8. The Balaban J connectivity index is 0.00000353. The van der Waals surface area contributed by atoms with Gasteiger partial charge in [-0.2, -0.15) is 9.57 Å². The van der Waals surface area contributed by atoms with Gasteiger partial charge in [-0.3, -0.25) is 4.98 Å². The van der Waals surface area contributed by atoms with E-state index < -0.39 is 10.0 Å². The molecule has 0 saturated heterocycles. The van der Waals surface area contributed by atoms with Crippen molar-refractivity contribution in [1.82, 2.24) is 9.29 Å². The zero-order chi connectivity index (χ0) is 26.5. The van der Waals surface area contributed by atoms with E-state index in [9.17, 15) is 13.7 Å². The molecule has 2 heterocycles. The summed E-state index contributed by atoms with van der Waals surface area (Å²) in [5.74, 6) is 0.590. The highest BCUT2D eigenvalue weighted by Crippen LogP contribution is 2.34. The van der Waals surface area contributed by atoms with E-state index in [2.05, 4.69) is 16.0 Å². The molecule has 200 valence electrons. The quantitative estimate of drug-likeness (QED) is 0.311. The van der Waals surface area contributed by atoms with E-state index in [1.54, 1.807) is 54.0 Å². The van der Waals surface area contributed by atoms with Gasteiger partial charge in [0.05, 0.1) is 23.6 Å². The van der Waals surface area contributed by atoms with Crippen molar-refractivity contribution in [1.29, 1.82) is 5.26 Å². The van der Waals surface area contributed by atoms with Crippen molar-refractivity contribution >= 4 is 15.7 Å². The highest BCUT2D eigenvalue weighted by molar-refractivity contribution is 7.89. The molecule has 8 heteroatoms. The van der Waals surface area contributed by atoms with Crippen molar-refractivity contribution in [3.8, 4) is 11.8 Å². The summed E-state index contributed by atoms with van der Waals surface area (Å²) >= 11 is 0. The number of nitrogens with zero attached hydrogens (tertiary/aromatic N) is 4. The summed E-state index contributed by atoms with van der Waals surface area (Å²) in [5, 5.41) is 9.59. The Morgan fingerprint density at radius 1 is 1.00 bits per heavy atom. The Labute approximate surface area is 231 Å². The van der Waals surface area contributed by atoms with Crippen LogP contribution in [0.25, 0.3) is 0 Å². The third-order valence-corrected chi connectivity index (χ3v) is 8.70. The molecular weight excluding hydrogens is 508 g/mol. The van der Waals surface area contributed by atoms with E-state index in [-0.39, 0.29) is 24.9 Å². The lowest BCUT2D eigenvalue weighted by molar-refractivity contribution is 0.318. The maximum Gasteiger partial charge on any atom is 0.243 e.